The fourth-order valence-electron chi connectivity index (χ4n) is 2.73. The van der Waals surface area contributed by atoms with E-state index in [1.54, 1.807) is 0 Å². The molecule has 0 bridgehead atoms. The first-order valence-electron chi connectivity index (χ1n) is 7.83. The molecule has 1 N–H and O–H groups in total. The van der Waals surface area contributed by atoms with E-state index in [-0.39, 0.29) is 11.8 Å². The molecule has 4 nitrogen and oxygen atoms in total. The molecule has 1 aromatic carbocycles. The first kappa shape index (κ1) is 15.5. The summed E-state index contributed by atoms with van der Waals surface area (Å²) in [4.78, 5) is 25.7. The van der Waals surface area contributed by atoms with Crippen molar-refractivity contribution in [2.45, 2.75) is 46.0 Å². The Morgan fingerprint density at radius 3 is 2.57 bits per heavy atom. The molecule has 114 valence electrons. The molecule has 0 fully saturated rings. The van der Waals surface area contributed by atoms with E-state index < -0.39 is 0 Å². The second kappa shape index (κ2) is 7.25. The molecule has 0 aromatic heterocycles. The van der Waals surface area contributed by atoms with Gasteiger partial charge in [-0.05, 0) is 36.5 Å². The number of carbonyl (C=O) groups is 2. The zero-order valence-electron chi connectivity index (χ0n) is 12.9. The van der Waals surface area contributed by atoms with Gasteiger partial charge in [0.25, 0.3) is 0 Å². The van der Waals surface area contributed by atoms with E-state index in [1.165, 1.54) is 0 Å². The van der Waals surface area contributed by atoms with Gasteiger partial charge in [-0.15, -0.1) is 0 Å². The lowest BCUT2D eigenvalue weighted by atomic mass is 9.99. The molecule has 21 heavy (non-hydrogen) atoms. The van der Waals surface area contributed by atoms with Crippen LogP contribution in [0, 0.1) is 0 Å². The van der Waals surface area contributed by atoms with Crippen LogP contribution in [0.1, 0.15) is 44.2 Å². The zero-order valence-corrected chi connectivity index (χ0v) is 12.9. The fourth-order valence-corrected chi connectivity index (χ4v) is 2.73. The van der Waals surface area contributed by atoms with Crippen LogP contribution in [0.4, 0.5) is 5.69 Å². The maximum atomic E-state index is 12.4. The minimum absolute atomic E-state index is 0.0726. The third kappa shape index (κ3) is 4.06. The lowest BCUT2D eigenvalue weighted by Crippen LogP contribution is -2.33. The molecule has 2 amide bonds. The minimum Gasteiger partial charge on any atom is -0.342 e. The van der Waals surface area contributed by atoms with Crippen molar-refractivity contribution in [1.29, 1.82) is 0 Å². The summed E-state index contributed by atoms with van der Waals surface area (Å²) in [6.45, 7) is 5.84. The van der Waals surface area contributed by atoms with Crippen molar-refractivity contribution < 1.29 is 9.59 Å². The molecule has 1 aromatic rings. The number of nitrogens with one attached hydrogen (secondary N) is 1. The highest BCUT2D eigenvalue weighted by Crippen LogP contribution is 2.24. The number of fused-ring (bicyclic) bond motifs is 1. The van der Waals surface area contributed by atoms with Crippen LogP contribution in [0.25, 0.3) is 0 Å². The summed E-state index contributed by atoms with van der Waals surface area (Å²) in [6.07, 6.45) is 3.71. The number of hydrogen-bond donors (Lipinski definition) is 1. The average molecular weight is 288 g/mol. The number of benzene rings is 1. The van der Waals surface area contributed by atoms with Crippen LogP contribution in [0.15, 0.2) is 18.2 Å². The summed E-state index contributed by atoms with van der Waals surface area (Å²) in [5.74, 6) is 0.266. The summed E-state index contributed by atoms with van der Waals surface area (Å²) in [7, 11) is 0. The molecule has 0 aliphatic carbocycles. The average Bonchev–Trinajstić information content (AvgIpc) is 2.47. The van der Waals surface area contributed by atoms with Gasteiger partial charge in [-0.2, -0.15) is 0 Å². The van der Waals surface area contributed by atoms with E-state index >= 15 is 0 Å². The number of hydrogen-bond acceptors (Lipinski definition) is 2. The molecule has 0 radical (unpaired) electrons. The molecule has 1 aliphatic rings. The van der Waals surface area contributed by atoms with Crippen LogP contribution < -0.4 is 5.32 Å². The molecule has 0 saturated carbocycles. The molecule has 1 heterocycles. The third-order valence-corrected chi connectivity index (χ3v) is 3.76. The molecule has 0 unspecified atom stereocenters. The summed E-state index contributed by atoms with van der Waals surface area (Å²) < 4.78 is 0. The van der Waals surface area contributed by atoms with E-state index in [0.29, 0.717) is 12.8 Å². The molecule has 2 rings (SSSR count). The quantitative estimate of drug-likeness (QED) is 0.875. The smallest absolute Gasteiger partial charge is 0.226 e. The second-order valence-electron chi connectivity index (χ2n) is 5.60. The van der Waals surface area contributed by atoms with Gasteiger partial charge in [-0.1, -0.05) is 26.0 Å². The molecule has 0 spiro atoms. The van der Waals surface area contributed by atoms with Gasteiger partial charge in [0.1, 0.15) is 0 Å². The summed E-state index contributed by atoms with van der Waals surface area (Å²) in [5, 5.41) is 2.87. The molecule has 1 aliphatic heterocycles. The van der Waals surface area contributed by atoms with Crippen molar-refractivity contribution in [3.63, 3.8) is 0 Å². The lowest BCUT2D eigenvalue weighted by molar-refractivity contribution is -0.130. The summed E-state index contributed by atoms with van der Waals surface area (Å²) >= 11 is 0. The van der Waals surface area contributed by atoms with Gasteiger partial charge in [-0.25, -0.2) is 0 Å². The number of anilines is 1. The highest BCUT2D eigenvalue weighted by atomic mass is 16.2. The largest absolute Gasteiger partial charge is 0.342 e. The van der Waals surface area contributed by atoms with Crippen molar-refractivity contribution in [1.82, 2.24) is 4.90 Å². The fraction of sp³-hybridized carbons (Fsp3) is 0.529. The second-order valence-corrected chi connectivity index (χ2v) is 5.60. The van der Waals surface area contributed by atoms with Crippen molar-refractivity contribution in [3.8, 4) is 0 Å². The SMILES string of the molecule is CCCN(CCC)C(=O)Cc1ccc2c(c1)CCC(=O)N2. The van der Waals surface area contributed by atoms with Crippen LogP contribution in [-0.2, 0) is 22.4 Å². The Bertz CT molecular complexity index is 520. The Hall–Kier alpha value is -1.84. The Balaban J connectivity index is 2.05. The van der Waals surface area contributed by atoms with Crippen molar-refractivity contribution in [2.75, 3.05) is 18.4 Å². The van der Waals surface area contributed by atoms with Crippen LogP contribution in [-0.4, -0.2) is 29.8 Å². The van der Waals surface area contributed by atoms with E-state index in [2.05, 4.69) is 25.2 Å². The zero-order chi connectivity index (χ0) is 15.2. The van der Waals surface area contributed by atoms with Gasteiger partial charge in [0, 0.05) is 25.2 Å². The maximum Gasteiger partial charge on any atom is 0.226 e. The Kier molecular flexibility index (Phi) is 5.37. The maximum absolute atomic E-state index is 12.4. The third-order valence-electron chi connectivity index (χ3n) is 3.76. The Morgan fingerprint density at radius 1 is 1.19 bits per heavy atom. The van der Waals surface area contributed by atoms with E-state index in [1.807, 2.05) is 17.0 Å². The summed E-state index contributed by atoms with van der Waals surface area (Å²) in [5.41, 5.74) is 3.06. The topological polar surface area (TPSA) is 49.4 Å². The highest BCUT2D eigenvalue weighted by Gasteiger charge is 2.17. The Labute approximate surface area is 126 Å². The van der Waals surface area contributed by atoms with Gasteiger partial charge in [-0.3, -0.25) is 9.59 Å². The van der Waals surface area contributed by atoms with Gasteiger partial charge < -0.3 is 10.2 Å². The summed E-state index contributed by atoms with van der Waals surface area (Å²) in [6, 6.07) is 5.92. The van der Waals surface area contributed by atoms with E-state index in [4.69, 9.17) is 0 Å². The Morgan fingerprint density at radius 2 is 1.90 bits per heavy atom. The van der Waals surface area contributed by atoms with Crippen LogP contribution in [0.3, 0.4) is 0 Å². The van der Waals surface area contributed by atoms with Crippen molar-refractivity contribution in [3.05, 3.63) is 29.3 Å². The van der Waals surface area contributed by atoms with Crippen molar-refractivity contribution >= 4 is 17.5 Å². The standard InChI is InChI=1S/C17H24N2O2/c1-3-9-19(10-4-2)17(21)12-13-5-7-15-14(11-13)6-8-16(20)18-15/h5,7,11H,3-4,6,8-10,12H2,1-2H3,(H,18,20). The number of aryl methyl sites for hydroxylation is 1. The molecular formula is C17H24N2O2. The lowest BCUT2D eigenvalue weighted by Gasteiger charge is -2.22. The molecule has 0 saturated heterocycles. The number of carbonyl (C=O) groups excluding carboxylic acids is 2. The van der Waals surface area contributed by atoms with Gasteiger partial charge >= 0.3 is 0 Å². The highest BCUT2D eigenvalue weighted by molar-refractivity contribution is 5.94. The van der Waals surface area contributed by atoms with Gasteiger partial charge in [0.15, 0.2) is 0 Å². The molecule has 4 heteroatoms. The minimum atomic E-state index is 0.0726. The number of nitrogens with zero attached hydrogens (tertiary/aromatic N) is 1. The predicted octanol–water partition coefficient (Wildman–Crippen LogP) is 2.76. The normalized spacial score (nSPS) is 13.5. The molecule has 0 atom stereocenters. The van der Waals surface area contributed by atoms with E-state index in [0.717, 1.165) is 49.2 Å². The van der Waals surface area contributed by atoms with Crippen LogP contribution >= 0.6 is 0 Å². The first-order chi connectivity index (χ1) is 10.1. The van der Waals surface area contributed by atoms with Crippen LogP contribution in [0.2, 0.25) is 0 Å². The van der Waals surface area contributed by atoms with Crippen molar-refractivity contribution in [2.24, 2.45) is 0 Å². The molecular weight excluding hydrogens is 264 g/mol. The number of amides is 2. The van der Waals surface area contributed by atoms with Gasteiger partial charge in [0.05, 0.1) is 6.42 Å². The number of rotatable bonds is 6. The monoisotopic (exact) mass is 288 g/mol. The first-order valence-corrected chi connectivity index (χ1v) is 7.83. The van der Waals surface area contributed by atoms with E-state index in [9.17, 15) is 9.59 Å². The predicted molar refractivity (Wildman–Crippen MR) is 84.3 cm³/mol. The van der Waals surface area contributed by atoms with Gasteiger partial charge in [0.2, 0.25) is 11.8 Å². The van der Waals surface area contributed by atoms with Crippen LogP contribution in [0.5, 0.6) is 0 Å².